The van der Waals surface area contributed by atoms with Crippen molar-refractivity contribution in [1.29, 1.82) is 0 Å². The molecular formula is C8H13NO2. The number of benzene rings is 1. The topological polar surface area (TPSA) is 52.8 Å². The van der Waals surface area contributed by atoms with Gasteiger partial charge in [-0.2, -0.15) is 0 Å². The molecule has 0 spiro atoms. The first-order valence-corrected chi connectivity index (χ1v) is 3.18. The van der Waals surface area contributed by atoms with E-state index in [1.807, 2.05) is 31.3 Å². The number of hydrogen-bond acceptors (Lipinski definition) is 2. The van der Waals surface area contributed by atoms with Gasteiger partial charge in [-0.05, 0) is 24.3 Å². The van der Waals surface area contributed by atoms with Crippen LogP contribution in [-0.2, 0) is 0 Å². The molecule has 0 aliphatic carbocycles. The molecule has 0 aliphatic heterocycles. The van der Waals surface area contributed by atoms with E-state index < -0.39 is 0 Å². The van der Waals surface area contributed by atoms with Gasteiger partial charge in [-0.25, -0.2) is 0 Å². The van der Waals surface area contributed by atoms with Crippen molar-refractivity contribution in [2.24, 2.45) is 0 Å². The first-order chi connectivity index (χ1) is 4.86. The van der Waals surface area contributed by atoms with E-state index >= 15 is 0 Å². The van der Waals surface area contributed by atoms with Crippen molar-refractivity contribution < 1.29 is 10.2 Å². The molecular weight excluding hydrogens is 142 g/mol. The molecule has 1 rings (SSSR count). The molecule has 0 aromatic heterocycles. The summed E-state index contributed by atoms with van der Waals surface area (Å²) in [5, 5.41) is 3.02. The quantitative estimate of drug-likeness (QED) is 0.690. The van der Waals surface area contributed by atoms with Crippen LogP contribution in [0.3, 0.4) is 0 Å². The van der Waals surface area contributed by atoms with Crippen molar-refractivity contribution in [1.82, 2.24) is 0 Å². The van der Waals surface area contributed by atoms with Crippen LogP contribution in [0.1, 0.15) is 0 Å². The molecule has 0 saturated carbocycles. The highest BCUT2D eigenvalue weighted by molar-refractivity contribution is 5.45. The first kappa shape index (κ1) is 9.78. The van der Waals surface area contributed by atoms with Crippen LogP contribution in [-0.4, -0.2) is 19.6 Å². The standard InChI is InChI=1S/C8H11NO.H2O/c1-9-7-3-5-8(10-2)6-4-7;/h3-6,9H,1-2H3;1H2. The van der Waals surface area contributed by atoms with Crippen LogP contribution in [0.5, 0.6) is 5.75 Å². The van der Waals surface area contributed by atoms with Crippen molar-refractivity contribution in [3.05, 3.63) is 24.3 Å². The van der Waals surface area contributed by atoms with E-state index in [9.17, 15) is 0 Å². The monoisotopic (exact) mass is 155 g/mol. The van der Waals surface area contributed by atoms with Gasteiger partial charge in [0.25, 0.3) is 0 Å². The molecule has 0 saturated heterocycles. The summed E-state index contributed by atoms with van der Waals surface area (Å²) in [6, 6.07) is 7.79. The molecule has 1 aromatic carbocycles. The third kappa shape index (κ3) is 2.47. The highest BCUT2D eigenvalue weighted by atomic mass is 16.5. The molecule has 0 amide bonds. The normalized spacial score (nSPS) is 8.18. The zero-order valence-electron chi connectivity index (χ0n) is 6.72. The second-order valence-corrected chi connectivity index (χ2v) is 1.98. The van der Waals surface area contributed by atoms with Crippen LogP contribution >= 0.6 is 0 Å². The number of nitrogens with one attached hydrogen (secondary N) is 1. The summed E-state index contributed by atoms with van der Waals surface area (Å²) in [7, 11) is 3.55. The Morgan fingerprint density at radius 2 is 1.73 bits per heavy atom. The van der Waals surface area contributed by atoms with Crippen LogP contribution < -0.4 is 10.1 Å². The number of ether oxygens (including phenoxy) is 1. The SMILES string of the molecule is CNc1ccc(OC)cc1.O. The van der Waals surface area contributed by atoms with Gasteiger partial charge in [-0.1, -0.05) is 0 Å². The van der Waals surface area contributed by atoms with Crippen molar-refractivity contribution in [3.63, 3.8) is 0 Å². The third-order valence-electron chi connectivity index (χ3n) is 1.38. The molecule has 0 heterocycles. The lowest BCUT2D eigenvalue weighted by molar-refractivity contribution is 0.415. The number of rotatable bonds is 2. The second kappa shape index (κ2) is 4.57. The van der Waals surface area contributed by atoms with Gasteiger partial charge in [0.1, 0.15) is 5.75 Å². The molecule has 0 aliphatic rings. The smallest absolute Gasteiger partial charge is 0.119 e. The Balaban J connectivity index is 0.000001000. The fourth-order valence-electron chi connectivity index (χ4n) is 0.758. The minimum Gasteiger partial charge on any atom is -0.497 e. The van der Waals surface area contributed by atoms with Crippen molar-refractivity contribution >= 4 is 5.69 Å². The lowest BCUT2D eigenvalue weighted by atomic mass is 10.3. The summed E-state index contributed by atoms with van der Waals surface area (Å²) >= 11 is 0. The summed E-state index contributed by atoms with van der Waals surface area (Å²) < 4.78 is 4.99. The van der Waals surface area contributed by atoms with Gasteiger partial charge < -0.3 is 15.5 Å². The van der Waals surface area contributed by atoms with Crippen molar-refractivity contribution in [2.45, 2.75) is 0 Å². The average Bonchev–Trinajstić information content (AvgIpc) is 2.05. The minimum absolute atomic E-state index is 0. The molecule has 0 unspecified atom stereocenters. The highest BCUT2D eigenvalue weighted by Crippen LogP contribution is 2.13. The molecule has 0 fully saturated rings. The molecule has 11 heavy (non-hydrogen) atoms. The van der Waals surface area contributed by atoms with Gasteiger partial charge in [0.05, 0.1) is 7.11 Å². The second-order valence-electron chi connectivity index (χ2n) is 1.98. The van der Waals surface area contributed by atoms with Gasteiger partial charge in [-0.3, -0.25) is 0 Å². The van der Waals surface area contributed by atoms with E-state index in [-0.39, 0.29) is 5.48 Å². The van der Waals surface area contributed by atoms with Gasteiger partial charge in [0.15, 0.2) is 0 Å². The van der Waals surface area contributed by atoms with Crippen molar-refractivity contribution in [2.75, 3.05) is 19.5 Å². The Hall–Kier alpha value is -1.22. The molecule has 3 nitrogen and oxygen atoms in total. The van der Waals surface area contributed by atoms with Crippen LogP contribution in [0, 0.1) is 0 Å². The Kier molecular flexibility index (Phi) is 4.07. The summed E-state index contributed by atoms with van der Waals surface area (Å²) in [5.41, 5.74) is 1.10. The van der Waals surface area contributed by atoms with Crippen LogP contribution in [0.25, 0.3) is 0 Å². The number of hydrogen-bond donors (Lipinski definition) is 1. The van der Waals surface area contributed by atoms with Gasteiger partial charge in [-0.15, -0.1) is 0 Å². The molecule has 0 bridgehead atoms. The molecule has 1 aromatic rings. The van der Waals surface area contributed by atoms with E-state index in [2.05, 4.69) is 5.32 Å². The Morgan fingerprint density at radius 3 is 2.09 bits per heavy atom. The lowest BCUT2D eigenvalue weighted by Crippen LogP contribution is -1.87. The maximum Gasteiger partial charge on any atom is 0.119 e. The van der Waals surface area contributed by atoms with E-state index in [0.717, 1.165) is 11.4 Å². The van der Waals surface area contributed by atoms with E-state index in [4.69, 9.17) is 4.74 Å². The van der Waals surface area contributed by atoms with E-state index in [1.54, 1.807) is 7.11 Å². The molecule has 0 radical (unpaired) electrons. The minimum atomic E-state index is 0. The average molecular weight is 155 g/mol. The summed E-state index contributed by atoms with van der Waals surface area (Å²) in [6.07, 6.45) is 0. The van der Waals surface area contributed by atoms with Crippen LogP contribution in [0.4, 0.5) is 5.69 Å². The van der Waals surface area contributed by atoms with Crippen LogP contribution in [0.2, 0.25) is 0 Å². The zero-order valence-corrected chi connectivity index (χ0v) is 6.72. The molecule has 0 atom stereocenters. The predicted molar refractivity (Wildman–Crippen MR) is 46.2 cm³/mol. The van der Waals surface area contributed by atoms with E-state index in [0.29, 0.717) is 0 Å². The fourth-order valence-corrected chi connectivity index (χ4v) is 0.758. The Morgan fingerprint density at radius 1 is 1.18 bits per heavy atom. The first-order valence-electron chi connectivity index (χ1n) is 3.18. The van der Waals surface area contributed by atoms with E-state index in [1.165, 1.54) is 0 Å². The fraction of sp³-hybridized carbons (Fsp3) is 0.250. The maximum absolute atomic E-state index is 4.99. The summed E-state index contributed by atoms with van der Waals surface area (Å²) in [5.74, 6) is 0.888. The maximum atomic E-state index is 4.99. The van der Waals surface area contributed by atoms with Gasteiger partial charge in [0, 0.05) is 12.7 Å². The Bertz CT molecular complexity index is 173. The summed E-state index contributed by atoms with van der Waals surface area (Å²) in [4.78, 5) is 0. The molecule has 3 N–H and O–H groups in total. The highest BCUT2D eigenvalue weighted by Gasteiger charge is 1.88. The van der Waals surface area contributed by atoms with Crippen molar-refractivity contribution in [3.8, 4) is 5.75 Å². The number of methoxy groups -OCH3 is 1. The van der Waals surface area contributed by atoms with Gasteiger partial charge in [0.2, 0.25) is 0 Å². The Labute approximate surface area is 66.3 Å². The summed E-state index contributed by atoms with van der Waals surface area (Å²) in [6.45, 7) is 0. The molecule has 62 valence electrons. The number of anilines is 1. The largest absolute Gasteiger partial charge is 0.497 e. The third-order valence-corrected chi connectivity index (χ3v) is 1.38. The predicted octanol–water partition coefficient (Wildman–Crippen LogP) is 0.912. The van der Waals surface area contributed by atoms with Crippen LogP contribution in [0.15, 0.2) is 24.3 Å². The molecule has 3 heteroatoms. The van der Waals surface area contributed by atoms with Gasteiger partial charge >= 0.3 is 0 Å². The lowest BCUT2D eigenvalue weighted by Gasteiger charge is -2.00. The zero-order chi connectivity index (χ0) is 7.40.